The van der Waals surface area contributed by atoms with Gasteiger partial charge in [-0.05, 0) is 109 Å². The highest BCUT2D eigenvalue weighted by Crippen LogP contribution is 2.37. The lowest BCUT2D eigenvalue weighted by Crippen LogP contribution is -2.40. The number of carbonyl (C=O) groups is 2. The Bertz CT molecular complexity index is 2160. The number of thiazole rings is 1. The quantitative estimate of drug-likeness (QED) is 0.111. The van der Waals surface area contributed by atoms with E-state index in [9.17, 15) is 14.4 Å². The first-order valence-electron chi connectivity index (χ1n) is 16.1. The number of benzene rings is 3. The highest BCUT2D eigenvalue weighted by Gasteiger charge is 2.34. The fourth-order valence-electron chi connectivity index (χ4n) is 5.39. The summed E-state index contributed by atoms with van der Waals surface area (Å²) in [6.45, 7) is 7.93. The molecule has 1 aliphatic heterocycles. The maximum Gasteiger partial charge on any atom is 0.343 e. The maximum atomic E-state index is 14.3. The van der Waals surface area contributed by atoms with E-state index < -0.39 is 18.0 Å². The van der Waals surface area contributed by atoms with Gasteiger partial charge in [0.2, 0.25) is 0 Å². The fraction of sp³-hybridized carbons (Fsp3) is 0.297. The molecule has 1 aromatic heterocycles. The topological polar surface area (TPSA) is 124 Å². The molecule has 0 spiro atoms. The van der Waals surface area contributed by atoms with Crippen LogP contribution in [0.4, 0.5) is 0 Å². The van der Waals surface area contributed by atoms with E-state index in [-0.39, 0.29) is 24.3 Å². The standard InChI is InChI=1S/C37H36ClIN2O9S/c1-6-46-28-18-24(12-13-27(28)49-20-31(42)45-5)33-32(36(44)48-8-3)21(4)40-37-41(33)35(43)30(51-37)17-23-15-26(39)34(29(16-23)47-7-2)50-19-22-10-9-11-25(38)14-22/h9-18,33H,6-8,19-20H2,1-5H3/b30-17+/t33-/m1/s1. The number of methoxy groups -OCH3 is 1. The minimum Gasteiger partial charge on any atom is -0.490 e. The van der Waals surface area contributed by atoms with Crippen molar-refractivity contribution in [2.24, 2.45) is 4.99 Å². The maximum absolute atomic E-state index is 14.3. The molecule has 0 amide bonds. The second-order valence-electron chi connectivity index (χ2n) is 11.0. The van der Waals surface area contributed by atoms with Crippen LogP contribution < -0.4 is 33.8 Å². The molecule has 0 radical (unpaired) electrons. The molecule has 0 saturated carbocycles. The van der Waals surface area contributed by atoms with Crippen LogP contribution in [0.5, 0.6) is 23.0 Å². The summed E-state index contributed by atoms with van der Waals surface area (Å²) in [7, 11) is 1.27. The molecule has 14 heteroatoms. The third kappa shape index (κ3) is 8.76. The lowest BCUT2D eigenvalue weighted by atomic mass is 9.95. The number of hydrogen-bond donors (Lipinski definition) is 0. The van der Waals surface area contributed by atoms with Crippen molar-refractivity contribution in [1.29, 1.82) is 0 Å². The number of fused-ring (bicyclic) bond motifs is 1. The third-order valence-corrected chi connectivity index (χ3v) is 9.59. The van der Waals surface area contributed by atoms with E-state index in [1.54, 1.807) is 44.2 Å². The molecule has 0 N–H and O–H groups in total. The van der Waals surface area contributed by atoms with Crippen molar-refractivity contribution in [3.8, 4) is 23.0 Å². The third-order valence-electron chi connectivity index (χ3n) is 7.58. The van der Waals surface area contributed by atoms with Crippen LogP contribution in [0.15, 0.2) is 75.7 Å². The van der Waals surface area contributed by atoms with Crippen molar-refractivity contribution in [3.63, 3.8) is 0 Å². The average molecular weight is 847 g/mol. The Labute approximate surface area is 317 Å². The van der Waals surface area contributed by atoms with Crippen LogP contribution in [-0.4, -0.2) is 50.0 Å². The van der Waals surface area contributed by atoms with Crippen LogP contribution in [0.1, 0.15) is 50.4 Å². The zero-order valence-electron chi connectivity index (χ0n) is 28.6. The molecule has 2 heterocycles. The van der Waals surface area contributed by atoms with Crippen LogP contribution in [-0.2, 0) is 25.7 Å². The van der Waals surface area contributed by atoms with Gasteiger partial charge in [-0.25, -0.2) is 14.6 Å². The second kappa shape index (κ2) is 17.2. The van der Waals surface area contributed by atoms with Crippen molar-refractivity contribution in [3.05, 3.63) is 111 Å². The number of halogens is 2. The summed E-state index contributed by atoms with van der Waals surface area (Å²) in [6, 6.07) is 15.3. The van der Waals surface area contributed by atoms with Gasteiger partial charge < -0.3 is 28.4 Å². The van der Waals surface area contributed by atoms with Gasteiger partial charge in [0.25, 0.3) is 5.56 Å². The molecule has 0 aliphatic carbocycles. The highest BCUT2D eigenvalue weighted by molar-refractivity contribution is 14.1. The predicted octanol–water partition coefficient (Wildman–Crippen LogP) is 5.98. The molecule has 5 rings (SSSR count). The monoisotopic (exact) mass is 846 g/mol. The number of hydrogen-bond acceptors (Lipinski definition) is 11. The van der Waals surface area contributed by atoms with Crippen molar-refractivity contribution in [2.75, 3.05) is 33.5 Å². The van der Waals surface area contributed by atoms with Crippen molar-refractivity contribution in [1.82, 2.24) is 4.57 Å². The first kappa shape index (κ1) is 37.9. The predicted molar refractivity (Wildman–Crippen MR) is 202 cm³/mol. The molecule has 1 atom stereocenters. The average Bonchev–Trinajstić information content (AvgIpc) is 3.40. The normalized spacial score (nSPS) is 14.0. The number of aromatic nitrogens is 1. The van der Waals surface area contributed by atoms with E-state index in [0.29, 0.717) is 74.0 Å². The van der Waals surface area contributed by atoms with Gasteiger partial charge in [-0.15, -0.1) is 0 Å². The van der Waals surface area contributed by atoms with Crippen LogP contribution in [0.25, 0.3) is 6.08 Å². The van der Waals surface area contributed by atoms with Gasteiger partial charge in [0.1, 0.15) is 6.61 Å². The van der Waals surface area contributed by atoms with Gasteiger partial charge in [0.15, 0.2) is 34.4 Å². The molecule has 51 heavy (non-hydrogen) atoms. The Kier molecular flexibility index (Phi) is 12.8. The van der Waals surface area contributed by atoms with Crippen LogP contribution >= 0.6 is 45.5 Å². The number of allylic oxidation sites excluding steroid dienone is 1. The van der Waals surface area contributed by atoms with Crippen LogP contribution in [0.3, 0.4) is 0 Å². The highest BCUT2D eigenvalue weighted by atomic mass is 127. The van der Waals surface area contributed by atoms with Crippen LogP contribution in [0, 0.1) is 3.57 Å². The summed E-state index contributed by atoms with van der Waals surface area (Å²) in [4.78, 5) is 44.6. The molecular formula is C37H36ClIN2O9S. The van der Waals surface area contributed by atoms with Crippen LogP contribution in [0.2, 0.25) is 5.02 Å². The largest absolute Gasteiger partial charge is 0.490 e. The molecular weight excluding hydrogens is 811 g/mol. The minimum atomic E-state index is -0.891. The minimum absolute atomic E-state index is 0.136. The van der Waals surface area contributed by atoms with Gasteiger partial charge in [-0.3, -0.25) is 9.36 Å². The summed E-state index contributed by atoms with van der Waals surface area (Å²) in [5, 5.41) is 0.621. The van der Waals surface area contributed by atoms with E-state index >= 15 is 0 Å². The molecule has 0 fully saturated rings. The number of esters is 2. The number of rotatable bonds is 14. The zero-order valence-corrected chi connectivity index (χ0v) is 32.3. The Hall–Kier alpha value is -4.34. The first-order valence-corrected chi connectivity index (χ1v) is 18.3. The SMILES string of the molecule is CCOC(=O)C1=C(C)N=c2s/c(=C/c3cc(I)c(OCc4cccc(Cl)c4)c(OCC)c3)c(=O)n2[C@@H]1c1ccc(OCC(=O)OC)c(OCC)c1. The van der Waals surface area contributed by atoms with Gasteiger partial charge >= 0.3 is 11.9 Å². The van der Waals surface area contributed by atoms with Gasteiger partial charge in [-0.2, -0.15) is 0 Å². The lowest BCUT2D eigenvalue weighted by molar-refractivity contribution is -0.143. The van der Waals surface area contributed by atoms with Gasteiger partial charge in [0.05, 0.1) is 52.3 Å². The second-order valence-corrected chi connectivity index (χ2v) is 13.6. The van der Waals surface area contributed by atoms with Crippen molar-refractivity contribution < 1.29 is 38.0 Å². The summed E-state index contributed by atoms with van der Waals surface area (Å²) in [6.07, 6.45) is 1.77. The summed E-state index contributed by atoms with van der Waals surface area (Å²) >= 11 is 9.55. The Morgan fingerprint density at radius 3 is 2.43 bits per heavy atom. The Balaban J connectivity index is 1.60. The van der Waals surface area contributed by atoms with E-state index in [0.717, 1.165) is 9.13 Å². The lowest BCUT2D eigenvalue weighted by Gasteiger charge is -2.25. The summed E-state index contributed by atoms with van der Waals surface area (Å²) in [5.74, 6) is 0.591. The van der Waals surface area contributed by atoms with Crippen molar-refractivity contribution in [2.45, 2.75) is 40.3 Å². The molecule has 0 bridgehead atoms. The van der Waals surface area contributed by atoms with Crippen molar-refractivity contribution >= 4 is 63.5 Å². The Morgan fingerprint density at radius 1 is 0.961 bits per heavy atom. The summed E-state index contributed by atoms with van der Waals surface area (Å²) in [5.41, 5.74) is 2.47. The van der Waals surface area contributed by atoms with Gasteiger partial charge in [0, 0.05) is 5.02 Å². The van der Waals surface area contributed by atoms with E-state index in [4.69, 9.17) is 40.0 Å². The van der Waals surface area contributed by atoms with E-state index in [1.165, 1.54) is 23.0 Å². The molecule has 11 nitrogen and oxygen atoms in total. The number of ether oxygens (including phenoxy) is 6. The smallest absolute Gasteiger partial charge is 0.343 e. The first-order chi connectivity index (χ1) is 24.6. The molecule has 0 saturated heterocycles. The fourth-order valence-corrected chi connectivity index (χ4v) is 7.43. The molecule has 1 aliphatic rings. The number of nitrogens with zero attached hydrogens (tertiary/aromatic N) is 2. The Morgan fingerprint density at radius 2 is 1.73 bits per heavy atom. The molecule has 0 unspecified atom stereocenters. The zero-order chi connectivity index (χ0) is 36.7. The van der Waals surface area contributed by atoms with E-state index in [2.05, 4.69) is 27.6 Å². The van der Waals surface area contributed by atoms with E-state index in [1.807, 2.05) is 44.2 Å². The molecule has 4 aromatic rings. The molecule has 3 aromatic carbocycles. The molecule has 268 valence electrons. The number of carbonyl (C=O) groups excluding carboxylic acids is 2. The summed E-state index contributed by atoms with van der Waals surface area (Å²) < 4.78 is 36.5. The van der Waals surface area contributed by atoms with Gasteiger partial charge in [-0.1, -0.05) is 41.1 Å².